The van der Waals surface area contributed by atoms with Gasteiger partial charge < -0.3 is 15.2 Å². The average molecular weight is 283 g/mol. The normalized spacial score (nSPS) is 21.2. The second-order valence-corrected chi connectivity index (χ2v) is 5.42. The van der Waals surface area contributed by atoms with Crippen molar-refractivity contribution in [3.05, 3.63) is 59.7 Å². The topological polar surface area (TPSA) is 44.5 Å². The van der Waals surface area contributed by atoms with Gasteiger partial charge in [0.25, 0.3) is 0 Å². The van der Waals surface area contributed by atoms with Gasteiger partial charge in [0.05, 0.1) is 13.2 Å². The minimum Gasteiger partial charge on any atom is -0.493 e. The van der Waals surface area contributed by atoms with E-state index in [0.29, 0.717) is 0 Å². The van der Waals surface area contributed by atoms with Gasteiger partial charge in [0, 0.05) is 0 Å². The quantitative estimate of drug-likeness (QED) is 0.877. The van der Waals surface area contributed by atoms with Crippen molar-refractivity contribution >= 4 is 0 Å². The fourth-order valence-electron chi connectivity index (χ4n) is 2.97. The SMILES string of the molecule is COc1ccccc1OC1CCCc2ccccc2C1N. The molecule has 0 heterocycles. The van der Waals surface area contributed by atoms with Crippen LogP contribution in [0.4, 0.5) is 0 Å². The van der Waals surface area contributed by atoms with Crippen molar-refractivity contribution in [2.45, 2.75) is 31.4 Å². The Kier molecular flexibility index (Phi) is 4.11. The minimum atomic E-state index is -0.103. The van der Waals surface area contributed by atoms with Gasteiger partial charge in [-0.3, -0.25) is 0 Å². The second-order valence-electron chi connectivity index (χ2n) is 5.42. The number of hydrogen-bond acceptors (Lipinski definition) is 3. The predicted octanol–water partition coefficient (Wildman–Crippen LogP) is 3.48. The standard InChI is InChI=1S/C18H21NO2/c1-20-15-10-4-5-11-16(15)21-17-12-6-8-13-7-2-3-9-14(13)18(17)19/h2-5,7,9-11,17-18H,6,8,12,19H2,1H3. The molecule has 1 aliphatic carbocycles. The highest BCUT2D eigenvalue weighted by Gasteiger charge is 2.26. The van der Waals surface area contributed by atoms with Crippen LogP contribution in [-0.2, 0) is 6.42 Å². The van der Waals surface area contributed by atoms with Gasteiger partial charge in [0.15, 0.2) is 11.5 Å². The van der Waals surface area contributed by atoms with Crippen molar-refractivity contribution < 1.29 is 9.47 Å². The van der Waals surface area contributed by atoms with Gasteiger partial charge in [0.1, 0.15) is 6.10 Å². The molecule has 0 spiro atoms. The molecule has 0 aliphatic heterocycles. The summed E-state index contributed by atoms with van der Waals surface area (Å²) in [6.45, 7) is 0. The maximum Gasteiger partial charge on any atom is 0.161 e. The zero-order valence-corrected chi connectivity index (χ0v) is 12.3. The first-order valence-electron chi connectivity index (χ1n) is 7.42. The highest BCUT2D eigenvalue weighted by atomic mass is 16.5. The molecule has 0 radical (unpaired) electrons. The lowest BCUT2D eigenvalue weighted by molar-refractivity contribution is 0.156. The van der Waals surface area contributed by atoms with E-state index in [0.717, 1.165) is 30.8 Å². The fraction of sp³-hybridized carbons (Fsp3) is 0.333. The third-order valence-corrected chi connectivity index (χ3v) is 4.10. The maximum absolute atomic E-state index is 6.46. The summed E-state index contributed by atoms with van der Waals surface area (Å²) in [5, 5.41) is 0. The van der Waals surface area contributed by atoms with Crippen molar-refractivity contribution in [3.8, 4) is 11.5 Å². The van der Waals surface area contributed by atoms with Gasteiger partial charge in [-0.25, -0.2) is 0 Å². The molecule has 3 heteroatoms. The highest BCUT2D eigenvalue weighted by molar-refractivity contribution is 5.40. The van der Waals surface area contributed by atoms with E-state index in [4.69, 9.17) is 15.2 Å². The largest absolute Gasteiger partial charge is 0.493 e. The summed E-state index contributed by atoms with van der Waals surface area (Å²) < 4.78 is 11.5. The highest BCUT2D eigenvalue weighted by Crippen LogP contribution is 2.33. The van der Waals surface area contributed by atoms with E-state index in [9.17, 15) is 0 Å². The van der Waals surface area contributed by atoms with Gasteiger partial charge in [-0.2, -0.15) is 0 Å². The van der Waals surface area contributed by atoms with Crippen molar-refractivity contribution in [1.82, 2.24) is 0 Å². The Morgan fingerprint density at radius 3 is 2.52 bits per heavy atom. The predicted molar refractivity (Wildman–Crippen MR) is 83.7 cm³/mol. The molecular weight excluding hydrogens is 262 g/mol. The summed E-state index contributed by atoms with van der Waals surface area (Å²) in [4.78, 5) is 0. The molecule has 110 valence electrons. The number of benzene rings is 2. The Balaban J connectivity index is 1.86. The van der Waals surface area contributed by atoms with Crippen LogP contribution in [0.5, 0.6) is 11.5 Å². The molecule has 0 fully saturated rings. The summed E-state index contributed by atoms with van der Waals surface area (Å²) in [7, 11) is 1.66. The maximum atomic E-state index is 6.46. The fourth-order valence-corrected chi connectivity index (χ4v) is 2.97. The van der Waals surface area contributed by atoms with Crippen LogP contribution in [0.1, 0.15) is 30.0 Å². The molecule has 3 nitrogen and oxygen atoms in total. The summed E-state index contributed by atoms with van der Waals surface area (Å²) in [6.07, 6.45) is 3.08. The summed E-state index contributed by atoms with van der Waals surface area (Å²) in [6, 6.07) is 16.0. The van der Waals surface area contributed by atoms with E-state index < -0.39 is 0 Å². The third-order valence-electron chi connectivity index (χ3n) is 4.10. The minimum absolute atomic E-state index is 0.0232. The molecule has 0 aromatic heterocycles. The lowest BCUT2D eigenvalue weighted by Gasteiger charge is -2.25. The van der Waals surface area contributed by atoms with Crippen LogP contribution in [0.3, 0.4) is 0 Å². The number of para-hydroxylation sites is 2. The van der Waals surface area contributed by atoms with Crippen LogP contribution in [0.15, 0.2) is 48.5 Å². The van der Waals surface area contributed by atoms with E-state index >= 15 is 0 Å². The molecule has 3 rings (SSSR count). The average Bonchev–Trinajstić information content (AvgIpc) is 2.68. The monoisotopic (exact) mass is 283 g/mol. The third kappa shape index (κ3) is 2.88. The number of nitrogens with two attached hydrogens (primary N) is 1. The van der Waals surface area contributed by atoms with Crippen LogP contribution in [0.25, 0.3) is 0 Å². The molecule has 2 unspecified atom stereocenters. The van der Waals surface area contributed by atoms with Gasteiger partial charge in [-0.05, 0) is 42.5 Å². The van der Waals surface area contributed by atoms with Crippen molar-refractivity contribution in [2.75, 3.05) is 7.11 Å². The Morgan fingerprint density at radius 2 is 1.71 bits per heavy atom. The number of rotatable bonds is 3. The zero-order valence-electron chi connectivity index (χ0n) is 12.3. The number of aryl methyl sites for hydroxylation is 1. The molecule has 1 aliphatic rings. The van der Waals surface area contributed by atoms with E-state index in [-0.39, 0.29) is 12.1 Å². The number of fused-ring (bicyclic) bond motifs is 1. The summed E-state index contributed by atoms with van der Waals surface area (Å²) in [5.41, 5.74) is 9.01. The first kappa shape index (κ1) is 14.0. The molecule has 21 heavy (non-hydrogen) atoms. The lowest BCUT2D eigenvalue weighted by atomic mass is 9.98. The van der Waals surface area contributed by atoms with Crippen molar-refractivity contribution in [1.29, 1.82) is 0 Å². The van der Waals surface area contributed by atoms with Crippen LogP contribution in [0, 0.1) is 0 Å². The lowest BCUT2D eigenvalue weighted by Crippen LogP contribution is -2.31. The number of methoxy groups -OCH3 is 1. The number of ether oxygens (including phenoxy) is 2. The molecule has 2 aromatic carbocycles. The van der Waals surface area contributed by atoms with Crippen LogP contribution in [0.2, 0.25) is 0 Å². The molecule has 2 aromatic rings. The molecule has 0 saturated carbocycles. The first-order valence-corrected chi connectivity index (χ1v) is 7.42. The molecule has 0 saturated heterocycles. The van der Waals surface area contributed by atoms with E-state index in [1.54, 1.807) is 7.11 Å². The van der Waals surface area contributed by atoms with Gasteiger partial charge in [-0.1, -0.05) is 36.4 Å². The first-order chi connectivity index (χ1) is 10.3. The Morgan fingerprint density at radius 1 is 1.00 bits per heavy atom. The smallest absolute Gasteiger partial charge is 0.161 e. The summed E-state index contributed by atoms with van der Waals surface area (Å²) in [5.74, 6) is 1.52. The van der Waals surface area contributed by atoms with Crippen molar-refractivity contribution in [2.24, 2.45) is 5.73 Å². The molecule has 2 N–H and O–H groups in total. The van der Waals surface area contributed by atoms with Crippen LogP contribution >= 0.6 is 0 Å². The van der Waals surface area contributed by atoms with Gasteiger partial charge in [-0.15, -0.1) is 0 Å². The van der Waals surface area contributed by atoms with E-state index in [1.807, 2.05) is 30.3 Å². The molecule has 0 bridgehead atoms. The second kappa shape index (κ2) is 6.19. The van der Waals surface area contributed by atoms with Gasteiger partial charge in [0.2, 0.25) is 0 Å². The van der Waals surface area contributed by atoms with Crippen LogP contribution in [-0.4, -0.2) is 13.2 Å². The zero-order chi connectivity index (χ0) is 14.7. The van der Waals surface area contributed by atoms with E-state index in [1.165, 1.54) is 11.1 Å². The summed E-state index contributed by atoms with van der Waals surface area (Å²) >= 11 is 0. The Labute approximate surface area is 125 Å². The molecule has 0 amide bonds. The van der Waals surface area contributed by atoms with Gasteiger partial charge >= 0.3 is 0 Å². The Hall–Kier alpha value is -2.00. The van der Waals surface area contributed by atoms with Crippen LogP contribution < -0.4 is 15.2 Å². The van der Waals surface area contributed by atoms with Crippen molar-refractivity contribution in [3.63, 3.8) is 0 Å². The number of hydrogen-bond donors (Lipinski definition) is 1. The molecule has 2 atom stereocenters. The van der Waals surface area contributed by atoms with E-state index in [2.05, 4.69) is 18.2 Å². The molecular formula is C18H21NO2. The Bertz CT molecular complexity index is 612.